The average Bonchev–Trinajstić information content (AvgIpc) is 3.85. The molecule has 4 nitrogen and oxygen atoms in total. The fraction of sp³-hybridized carbons (Fsp3) is 0.0392. The van der Waals surface area contributed by atoms with Crippen molar-refractivity contribution in [3.05, 3.63) is 186 Å². The zero-order valence-electron chi connectivity index (χ0n) is 30.3. The third-order valence-corrected chi connectivity index (χ3v) is 12.1. The molecule has 0 amide bonds. The second-order valence-corrected chi connectivity index (χ2v) is 15.4. The molecule has 0 atom stereocenters. The Morgan fingerprint density at radius 3 is 1.71 bits per heavy atom. The van der Waals surface area contributed by atoms with E-state index in [0.717, 1.165) is 68.2 Å². The molecule has 1 aliphatic rings. The molecule has 11 rings (SSSR count). The van der Waals surface area contributed by atoms with Crippen molar-refractivity contribution >= 4 is 55.0 Å². The largest absolute Gasteiger partial charge is 0.456 e. The molecule has 0 saturated carbocycles. The standard InChI is InChI=1S/C51H33N3OS/c1-4-13-32(14-5-1)35-26-28-45-42(30-35)48-40(22-12-24-46(48)56-45)37-25-27-41-44(31-37)55-43-23-11-21-39(47(41)43)36-19-10-20-38(29-36)51-53-49(33-15-6-2-7-16-33)52-50(54-51)34-17-8-3-9-18-34/h1-25,27,29-31H,26,28H2. The maximum absolute atomic E-state index is 6.66. The monoisotopic (exact) mass is 735 g/mol. The van der Waals surface area contributed by atoms with E-state index in [9.17, 15) is 0 Å². The molecule has 3 aromatic heterocycles. The van der Waals surface area contributed by atoms with Gasteiger partial charge in [0, 0.05) is 42.4 Å². The van der Waals surface area contributed by atoms with Crippen molar-refractivity contribution in [2.45, 2.75) is 12.8 Å². The Morgan fingerprint density at radius 1 is 0.429 bits per heavy atom. The lowest BCUT2D eigenvalue weighted by Crippen LogP contribution is -2.00. The van der Waals surface area contributed by atoms with Gasteiger partial charge in [-0.2, -0.15) is 0 Å². The van der Waals surface area contributed by atoms with E-state index in [1.54, 1.807) is 0 Å². The number of benzene rings is 7. The normalized spacial score (nSPS) is 12.6. The minimum atomic E-state index is 0.629. The summed E-state index contributed by atoms with van der Waals surface area (Å²) in [6, 6.07) is 59.2. The predicted molar refractivity (Wildman–Crippen MR) is 232 cm³/mol. The molecular weight excluding hydrogens is 703 g/mol. The molecule has 264 valence electrons. The maximum Gasteiger partial charge on any atom is 0.164 e. The Labute approximate surface area is 328 Å². The van der Waals surface area contributed by atoms with Crippen LogP contribution in [0.1, 0.15) is 22.4 Å². The van der Waals surface area contributed by atoms with Crippen LogP contribution in [0.15, 0.2) is 174 Å². The summed E-state index contributed by atoms with van der Waals surface area (Å²) in [7, 11) is 0. The molecule has 10 aromatic rings. The lowest BCUT2D eigenvalue weighted by atomic mass is 9.89. The molecule has 0 saturated heterocycles. The average molecular weight is 736 g/mol. The second kappa shape index (κ2) is 13.4. The van der Waals surface area contributed by atoms with E-state index in [1.165, 1.54) is 37.2 Å². The molecular formula is C51H33N3OS. The van der Waals surface area contributed by atoms with Gasteiger partial charge in [0.25, 0.3) is 0 Å². The SMILES string of the molecule is C1=C(c2ccccc2)CCc2sc3cccc(-c4ccc5c(c4)oc4cccc(-c6cccc(-c7nc(-c8ccccc8)nc(-c8ccccc8)n7)c6)c45)c3c21. The van der Waals surface area contributed by atoms with Gasteiger partial charge >= 0.3 is 0 Å². The molecule has 0 unspecified atom stereocenters. The third kappa shape index (κ3) is 5.64. The number of furan rings is 1. The predicted octanol–water partition coefficient (Wildman–Crippen LogP) is 13.8. The molecule has 0 N–H and O–H groups in total. The number of rotatable bonds is 6. The summed E-state index contributed by atoms with van der Waals surface area (Å²) in [6.45, 7) is 0. The van der Waals surface area contributed by atoms with Crippen LogP contribution in [0.5, 0.6) is 0 Å². The van der Waals surface area contributed by atoms with Crippen molar-refractivity contribution < 1.29 is 4.42 Å². The van der Waals surface area contributed by atoms with Crippen LogP contribution >= 0.6 is 11.3 Å². The first-order valence-corrected chi connectivity index (χ1v) is 19.8. The fourth-order valence-electron chi connectivity index (χ4n) is 8.17. The van der Waals surface area contributed by atoms with E-state index in [-0.39, 0.29) is 0 Å². The Balaban J connectivity index is 1.01. The molecule has 0 spiro atoms. The summed E-state index contributed by atoms with van der Waals surface area (Å²) in [4.78, 5) is 16.3. The van der Waals surface area contributed by atoms with E-state index < -0.39 is 0 Å². The van der Waals surface area contributed by atoms with Crippen LogP contribution in [-0.4, -0.2) is 15.0 Å². The van der Waals surface area contributed by atoms with Crippen molar-refractivity contribution in [3.8, 4) is 56.4 Å². The van der Waals surface area contributed by atoms with Crippen molar-refractivity contribution in [1.29, 1.82) is 0 Å². The van der Waals surface area contributed by atoms with Crippen LogP contribution in [-0.2, 0) is 6.42 Å². The molecule has 0 radical (unpaired) electrons. The van der Waals surface area contributed by atoms with E-state index in [2.05, 4.69) is 115 Å². The highest BCUT2D eigenvalue weighted by Gasteiger charge is 2.21. The summed E-state index contributed by atoms with van der Waals surface area (Å²) in [6.07, 6.45) is 4.56. The minimum Gasteiger partial charge on any atom is -0.456 e. The molecule has 56 heavy (non-hydrogen) atoms. The molecule has 0 fully saturated rings. The summed E-state index contributed by atoms with van der Waals surface area (Å²) in [5.74, 6) is 1.92. The summed E-state index contributed by atoms with van der Waals surface area (Å²) >= 11 is 1.93. The highest BCUT2D eigenvalue weighted by atomic mass is 32.1. The lowest BCUT2D eigenvalue weighted by Gasteiger charge is -2.15. The van der Waals surface area contributed by atoms with Gasteiger partial charge in [-0.3, -0.25) is 0 Å². The van der Waals surface area contributed by atoms with Crippen LogP contribution in [0.25, 0.3) is 100 Å². The minimum absolute atomic E-state index is 0.629. The van der Waals surface area contributed by atoms with Crippen LogP contribution < -0.4 is 0 Å². The maximum atomic E-state index is 6.66. The first kappa shape index (κ1) is 32.5. The van der Waals surface area contributed by atoms with Gasteiger partial charge in [-0.05, 0) is 88.2 Å². The molecule has 5 heteroatoms. The smallest absolute Gasteiger partial charge is 0.164 e. The van der Waals surface area contributed by atoms with Gasteiger partial charge in [-0.25, -0.2) is 15.0 Å². The zero-order valence-corrected chi connectivity index (χ0v) is 31.1. The third-order valence-electron chi connectivity index (χ3n) is 10.9. The van der Waals surface area contributed by atoms with Gasteiger partial charge in [0.05, 0.1) is 0 Å². The van der Waals surface area contributed by atoms with Gasteiger partial charge in [0.2, 0.25) is 0 Å². The molecule has 0 bridgehead atoms. The number of allylic oxidation sites excluding steroid dienone is 1. The summed E-state index contributed by atoms with van der Waals surface area (Å²) in [5.41, 5.74) is 13.2. The number of aromatic nitrogens is 3. The lowest BCUT2D eigenvalue weighted by molar-refractivity contribution is 0.669. The molecule has 3 heterocycles. The Bertz CT molecular complexity index is 3070. The Hall–Kier alpha value is -6.95. The first-order chi connectivity index (χ1) is 27.7. The van der Waals surface area contributed by atoms with Gasteiger partial charge in [0.15, 0.2) is 17.5 Å². The van der Waals surface area contributed by atoms with E-state index in [0.29, 0.717) is 17.5 Å². The van der Waals surface area contributed by atoms with Gasteiger partial charge < -0.3 is 4.42 Å². The van der Waals surface area contributed by atoms with Gasteiger partial charge in [-0.15, -0.1) is 11.3 Å². The number of fused-ring (bicyclic) bond motifs is 6. The topological polar surface area (TPSA) is 51.8 Å². The van der Waals surface area contributed by atoms with Crippen LogP contribution in [0.2, 0.25) is 0 Å². The molecule has 7 aromatic carbocycles. The summed E-state index contributed by atoms with van der Waals surface area (Å²) < 4.78 is 7.99. The number of aryl methyl sites for hydroxylation is 1. The fourth-order valence-corrected chi connectivity index (χ4v) is 9.38. The zero-order chi connectivity index (χ0) is 37.0. The first-order valence-electron chi connectivity index (χ1n) is 19.0. The van der Waals surface area contributed by atoms with E-state index in [4.69, 9.17) is 19.4 Å². The highest BCUT2D eigenvalue weighted by Crippen LogP contribution is 2.45. The van der Waals surface area contributed by atoms with Crippen LogP contribution in [0.4, 0.5) is 0 Å². The second-order valence-electron chi connectivity index (χ2n) is 14.3. The van der Waals surface area contributed by atoms with Gasteiger partial charge in [0.1, 0.15) is 11.2 Å². The summed E-state index contributed by atoms with van der Waals surface area (Å²) in [5, 5.41) is 3.52. The van der Waals surface area contributed by atoms with Crippen LogP contribution in [0, 0.1) is 0 Å². The number of hydrogen-bond acceptors (Lipinski definition) is 5. The van der Waals surface area contributed by atoms with Crippen molar-refractivity contribution in [1.82, 2.24) is 15.0 Å². The van der Waals surface area contributed by atoms with Crippen molar-refractivity contribution in [2.24, 2.45) is 0 Å². The van der Waals surface area contributed by atoms with E-state index >= 15 is 0 Å². The van der Waals surface area contributed by atoms with E-state index in [1.807, 2.05) is 72.0 Å². The van der Waals surface area contributed by atoms with Crippen molar-refractivity contribution in [2.75, 3.05) is 0 Å². The Kier molecular flexibility index (Phi) is 7.78. The van der Waals surface area contributed by atoms with Gasteiger partial charge in [-0.1, -0.05) is 140 Å². The molecule has 1 aliphatic carbocycles. The van der Waals surface area contributed by atoms with Crippen molar-refractivity contribution in [3.63, 3.8) is 0 Å². The highest BCUT2D eigenvalue weighted by molar-refractivity contribution is 7.19. The number of nitrogens with zero attached hydrogens (tertiary/aromatic N) is 3. The quantitative estimate of drug-likeness (QED) is 0.171. The molecule has 0 aliphatic heterocycles. The number of hydrogen-bond donors (Lipinski definition) is 0. The number of thiophene rings is 1. The van der Waals surface area contributed by atoms with Crippen LogP contribution in [0.3, 0.4) is 0 Å². The Morgan fingerprint density at radius 2 is 1.00 bits per heavy atom.